The topological polar surface area (TPSA) is 110 Å². The molecule has 38 heavy (non-hydrogen) atoms. The molecular formula is C29H36BrN3O5. The monoisotopic (exact) mass is 585 g/mol. The van der Waals surface area contributed by atoms with E-state index in [9.17, 15) is 14.9 Å². The SMILES string of the molecule is CCCC1CC(=O)C2=C(C1)N=C(C)C(C#N)C2c1cc(Br)c(OCC=CCNC(=O)COC)c(OCC)c1. The molecule has 1 aliphatic carbocycles. The maximum absolute atomic E-state index is 13.4. The van der Waals surface area contributed by atoms with Crippen LogP contribution in [-0.2, 0) is 14.3 Å². The molecule has 1 aromatic rings. The fourth-order valence-electron chi connectivity index (χ4n) is 5.09. The molecular weight excluding hydrogens is 550 g/mol. The van der Waals surface area contributed by atoms with Crippen LogP contribution in [0, 0.1) is 23.2 Å². The summed E-state index contributed by atoms with van der Waals surface area (Å²) in [7, 11) is 1.47. The number of methoxy groups -OCH3 is 1. The number of carbonyl (C=O) groups excluding carboxylic acids is 2. The number of ketones is 1. The first-order valence-corrected chi connectivity index (χ1v) is 13.8. The number of Topliss-reactive ketones (excluding diaryl/α,β-unsaturated/α-hetero) is 1. The molecule has 2 aliphatic rings. The van der Waals surface area contributed by atoms with Gasteiger partial charge in [-0.15, -0.1) is 0 Å². The highest BCUT2D eigenvalue weighted by Crippen LogP contribution is 2.48. The summed E-state index contributed by atoms with van der Waals surface area (Å²) in [6, 6.07) is 6.19. The van der Waals surface area contributed by atoms with E-state index >= 15 is 0 Å². The normalized spacial score (nSPS) is 21.1. The summed E-state index contributed by atoms with van der Waals surface area (Å²) in [5.74, 6) is 0.306. The van der Waals surface area contributed by atoms with Gasteiger partial charge in [-0.3, -0.25) is 14.6 Å². The van der Waals surface area contributed by atoms with Crippen LogP contribution < -0.4 is 14.8 Å². The van der Waals surface area contributed by atoms with E-state index in [-0.39, 0.29) is 24.9 Å². The predicted octanol–water partition coefficient (Wildman–Crippen LogP) is 5.28. The second kappa shape index (κ2) is 14.3. The third kappa shape index (κ3) is 7.12. The number of benzene rings is 1. The van der Waals surface area contributed by atoms with Crippen molar-refractivity contribution in [3.63, 3.8) is 0 Å². The Morgan fingerprint density at radius 3 is 2.74 bits per heavy atom. The Morgan fingerprint density at radius 1 is 1.26 bits per heavy atom. The minimum absolute atomic E-state index is 0.0176. The maximum Gasteiger partial charge on any atom is 0.246 e. The van der Waals surface area contributed by atoms with Gasteiger partial charge in [0.25, 0.3) is 0 Å². The second-order valence-corrected chi connectivity index (χ2v) is 10.3. The molecule has 204 valence electrons. The van der Waals surface area contributed by atoms with Crippen molar-refractivity contribution < 1.29 is 23.8 Å². The molecule has 0 bridgehead atoms. The molecule has 0 saturated heterocycles. The molecule has 1 heterocycles. The van der Waals surface area contributed by atoms with E-state index in [4.69, 9.17) is 19.2 Å². The zero-order chi connectivity index (χ0) is 27.7. The van der Waals surface area contributed by atoms with Crippen LogP contribution in [-0.4, -0.2) is 50.9 Å². The van der Waals surface area contributed by atoms with Crippen molar-refractivity contribution in [1.29, 1.82) is 5.26 Å². The summed E-state index contributed by atoms with van der Waals surface area (Å²) in [4.78, 5) is 29.6. The number of hydrogen-bond acceptors (Lipinski definition) is 7. The molecule has 8 nitrogen and oxygen atoms in total. The van der Waals surface area contributed by atoms with E-state index in [1.807, 2.05) is 26.0 Å². The molecule has 0 fully saturated rings. The average Bonchev–Trinajstić information content (AvgIpc) is 2.86. The maximum atomic E-state index is 13.4. The summed E-state index contributed by atoms with van der Waals surface area (Å²) in [6.45, 7) is 6.97. The number of amides is 1. The molecule has 1 aromatic carbocycles. The highest BCUT2D eigenvalue weighted by atomic mass is 79.9. The number of nitrogens with zero attached hydrogens (tertiary/aromatic N) is 2. The largest absolute Gasteiger partial charge is 0.490 e. The predicted molar refractivity (Wildman–Crippen MR) is 149 cm³/mol. The van der Waals surface area contributed by atoms with Crippen LogP contribution in [0.15, 0.2) is 45.0 Å². The third-order valence-electron chi connectivity index (χ3n) is 6.68. The van der Waals surface area contributed by atoms with Crippen molar-refractivity contribution in [2.24, 2.45) is 16.8 Å². The fraction of sp³-hybridized carbons (Fsp3) is 0.517. The van der Waals surface area contributed by atoms with E-state index < -0.39 is 11.8 Å². The minimum atomic E-state index is -0.537. The van der Waals surface area contributed by atoms with Gasteiger partial charge in [0, 0.05) is 43.0 Å². The highest BCUT2D eigenvalue weighted by molar-refractivity contribution is 9.10. The van der Waals surface area contributed by atoms with Crippen LogP contribution in [0.1, 0.15) is 57.9 Å². The van der Waals surface area contributed by atoms with E-state index in [1.54, 1.807) is 12.2 Å². The Hall–Kier alpha value is -2.96. The van der Waals surface area contributed by atoms with Crippen molar-refractivity contribution in [2.45, 2.75) is 52.4 Å². The molecule has 9 heteroatoms. The first kappa shape index (κ1) is 29.6. The van der Waals surface area contributed by atoms with Crippen molar-refractivity contribution in [3.05, 3.63) is 45.6 Å². The van der Waals surface area contributed by atoms with Crippen LogP contribution in [0.3, 0.4) is 0 Å². The Balaban J connectivity index is 1.88. The number of ether oxygens (including phenoxy) is 3. The number of halogens is 1. The summed E-state index contributed by atoms with van der Waals surface area (Å²) in [5, 5.41) is 12.8. The van der Waals surface area contributed by atoms with Crippen molar-refractivity contribution in [2.75, 3.05) is 33.5 Å². The number of hydrogen-bond donors (Lipinski definition) is 1. The van der Waals surface area contributed by atoms with Gasteiger partial charge in [0.2, 0.25) is 5.91 Å². The van der Waals surface area contributed by atoms with Gasteiger partial charge in [0.15, 0.2) is 17.3 Å². The van der Waals surface area contributed by atoms with Gasteiger partial charge in [-0.1, -0.05) is 19.4 Å². The minimum Gasteiger partial charge on any atom is -0.490 e. The third-order valence-corrected chi connectivity index (χ3v) is 7.27. The van der Waals surface area contributed by atoms with Gasteiger partial charge in [-0.05, 0) is 72.3 Å². The molecule has 0 aromatic heterocycles. The van der Waals surface area contributed by atoms with E-state index in [1.165, 1.54) is 7.11 Å². The lowest BCUT2D eigenvalue weighted by molar-refractivity contribution is -0.124. The van der Waals surface area contributed by atoms with Crippen LogP contribution in [0.5, 0.6) is 11.5 Å². The summed E-state index contributed by atoms with van der Waals surface area (Å²) in [6.07, 6.45) is 6.88. The number of rotatable bonds is 12. The van der Waals surface area contributed by atoms with E-state index in [0.717, 1.165) is 36.2 Å². The molecule has 3 rings (SSSR count). The molecule has 0 saturated carbocycles. The molecule has 0 radical (unpaired) electrons. The number of allylic oxidation sites excluding steroid dienone is 2. The van der Waals surface area contributed by atoms with Gasteiger partial charge in [0.1, 0.15) is 13.2 Å². The lowest BCUT2D eigenvalue weighted by atomic mass is 9.70. The van der Waals surface area contributed by atoms with Crippen LogP contribution in [0.4, 0.5) is 0 Å². The molecule has 0 spiro atoms. The summed E-state index contributed by atoms with van der Waals surface area (Å²) < 4.78 is 17.4. The Labute approximate surface area is 233 Å². The highest BCUT2D eigenvalue weighted by Gasteiger charge is 2.41. The molecule has 1 aliphatic heterocycles. The van der Waals surface area contributed by atoms with Crippen molar-refractivity contribution in [1.82, 2.24) is 5.32 Å². The Kier molecular flexibility index (Phi) is 11.1. The van der Waals surface area contributed by atoms with Crippen LogP contribution >= 0.6 is 15.9 Å². The molecule has 3 unspecified atom stereocenters. The van der Waals surface area contributed by atoms with Crippen molar-refractivity contribution >= 4 is 33.3 Å². The second-order valence-electron chi connectivity index (χ2n) is 9.47. The van der Waals surface area contributed by atoms with Gasteiger partial charge in [0.05, 0.1) is 23.1 Å². The standard InChI is InChI=1S/C29H36BrN3O5/c1-5-9-19-12-23-28(24(34)13-19)27(21(16-31)18(3)33-23)20-14-22(30)29(25(15-20)37-6-2)38-11-8-7-10-32-26(35)17-36-4/h7-8,14-15,19,21,27H,5-6,9-13,17H2,1-4H3,(H,32,35). The lowest BCUT2D eigenvalue weighted by Gasteiger charge is -2.35. The van der Waals surface area contributed by atoms with Gasteiger partial charge >= 0.3 is 0 Å². The number of nitriles is 1. The van der Waals surface area contributed by atoms with E-state index in [0.29, 0.717) is 47.0 Å². The Bertz CT molecular complexity index is 1170. The van der Waals surface area contributed by atoms with Crippen molar-refractivity contribution in [3.8, 4) is 17.6 Å². The number of nitrogens with one attached hydrogen (secondary N) is 1. The van der Waals surface area contributed by atoms with Gasteiger partial charge < -0.3 is 19.5 Å². The Morgan fingerprint density at radius 2 is 2.05 bits per heavy atom. The number of aliphatic imine (C=N–C) groups is 1. The zero-order valence-corrected chi connectivity index (χ0v) is 24.1. The quantitative estimate of drug-likeness (QED) is 0.334. The van der Waals surface area contributed by atoms with Gasteiger partial charge in [-0.25, -0.2) is 0 Å². The van der Waals surface area contributed by atoms with Gasteiger partial charge in [-0.2, -0.15) is 5.26 Å². The van der Waals surface area contributed by atoms with Crippen LogP contribution in [0.25, 0.3) is 0 Å². The average molecular weight is 587 g/mol. The summed E-state index contributed by atoms with van der Waals surface area (Å²) in [5.41, 5.74) is 3.04. The number of carbonyl (C=O) groups is 2. The first-order valence-electron chi connectivity index (χ1n) is 13.0. The fourth-order valence-corrected chi connectivity index (χ4v) is 5.66. The lowest BCUT2D eigenvalue weighted by Crippen LogP contribution is -2.32. The van der Waals surface area contributed by atoms with E-state index in [2.05, 4.69) is 34.2 Å². The van der Waals surface area contributed by atoms with Crippen LogP contribution in [0.2, 0.25) is 0 Å². The summed E-state index contributed by atoms with van der Waals surface area (Å²) >= 11 is 3.63. The first-order chi connectivity index (χ1) is 18.3. The molecule has 1 N–H and O–H groups in total. The zero-order valence-electron chi connectivity index (χ0n) is 22.5. The smallest absolute Gasteiger partial charge is 0.246 e. The molecule has 3 atom stereocenters. The molecule has 1 amide bonds.